The Labute approximate surface area is 112 Å². The normalized spacial score (nSPS) is 17.9. The molecule has 1 aliphatic heterocycles. The molecule has 1 fully saturated rings. The number of ether oxygens (including phenoxy) is 2. The second kappa shape index (κ2) is 5.23. The second-order valence-electron chi connectivity index (χ2n) is 3.77. The number of halogens is 1. The van der Waals surface area contributed by atoms with Gasteiger partial charge in [-0.05, 0) is 6.07 Å². The maximum absolute atomic E-state index is 11.8. The monoisotopic (exact) mass is 285 g/mol. The van der Waals surface area contributed by atoms with Crippen molar-refractivity contribution in [3.8, 4) is 0 Å². The van der Waals surface area contributed by atoms with Crippen molar-refractivity contribution in [2.24, 2.45) is 0 Å². The van der Waals surface area contributed by atoms with Gasteiger partial charge in [-0.25, -0.2) is 9.59 Å². The van der Waals surface area contributed by atoms with E-state index in [0.29, 0.717) is 0 Å². The van der Waals surface area contributed by atoms with E-state index >= 15 is 0 Å². The average Bonchev–Trinajstić information content (AvgIpc) is 2.75. The lowest BCUT2D eigenvalue weighted by Crippen LogP contribution is -2.22. The number of esters is 2. The molecule has 0 spiro atoms. The third-order valence-corrected chi connectivity index (χ3v) is 2.85. The molecule has 0 saturated carbocycles. The molecule has 0 unspecified atom stereocenters. The average molecular weight is 286 g/mol. The van der Waals surface area contributed by atoms with E-state index in [4.69, 9.17) is 16.3 Å². The summed E-state index contributed by atoms with van der Waals surface area (Å²) in [7, 11) is 0. The molecule has 7 nitrogen and oxygen atoms in total. The Morgan fingerprint density at radius 2 is 2.26 bits per heavy atom. The molecule has 8 heteroatoms. The number of rotatable bonds is 3. The first-order valence-electron chi connectivity index (χ1n) is 5.30. The predicted molar refractivity (Wildman–Crippen MR) is 62.9 cm³/mol. The van der Waals surface area contributed by atoms with E-state index in [0.717, 1.165) is 6.07 Å². The molecule has 0 radical (unpaired) electrons. The van der Waals surface area contributed by atoms with Gasteiger partial charge in [0.25, 0.3) is 5.69 Å². The minimum Gasteiger partial charge on any atom is -0.463 e. The van der Waals surface area contributed by atoms with Crippen LogP contribution in [0.5, 0.6) is 0 Å². The van der Waals surface area contributed by atoms with Crippen LogP contribution in [0.3, 0.4) is 0 Å². The van der Waals surface area contributed by atoms with E-state index < -0.39 is 23.0 Å². The Hall–Kier alpha value is -2.15. The maximum Gasteiger partial charge on any atom is 0.347 e. The molecule has 1 saturated heterocycles. The fourth-order valence-electron chi connectivity index (χ4n) is 1.56. The van der Waals surface area contributed by atoms with E-state index in [1.165, 1.54) is 12.1 Å². The quantitative estimate of drug-likeness (QED) is 0.476. The molecule has 1 aromatic carbocycles. The molecule has 1 aromatic rings. The summed E-state index contributed by atoms with van der Waals surface area (Å²) in [6.07, 6.45) is -0.722. The van der Waals surface area contributed by atoms with Crippen LogP contribution in [0.2, 0.25) is 5.02 Å². The first kappa shape index (κ1) is 13.3. The van der Waals surface area contributed by atoms with Crippen LogP contribution in [0, 0.1) is 10.1 Å². The van der Waals surface area contributed by atoms with Crippen molar-refractivity contribution in [1.29, 1.82) is 0 Å². The van der Waals surface area contributed by atoms with E-state index in [1.54, 1.807) is 0 Å². The lowest BCUT2D eigenvalue weighted by molar-refractivity contribution is -0.384. The molecular formula is C11H8ClNO6. The van der Waals surface area contributed by atoms with Crippen molar-refractivity contribution in [1.82, 2.24) is 0 Å². The van der Waals surface area contributed by atoms with Gasteiger partial charge in [-0.3, -0.25) is 10.1 Å². The smallest absolute Gasteiger partial charge is 0.347 e. The van der Waals surface area contributed by atoms with Gasteiger partial charge < -0.3 is 9.47 Å². The fraction of sp³-hybridized carbons (Fsp3) is 0.273. The molecule has 0 N–H and O–H groups in total. The van der Waals surface area contributed by atoms with Crippen LogP contribution in [0.25, 0.3) is 0 Å². The third-order valence-electron chi connectivity index (χ3n) is 2.52. The summed E-state index contributed by atoms with van der Waals surface area (Å²) in [5.74, 6) is -1.52. The van der Waals surface area contributed by atoms with Crippen LogP contribution in [0.15, 0.2) is 18.2 Å². The molecule has 1 atom stereocenters. The minimum absolute atomic E-state index is 0.0157. The number of nitro benzene ring substituents is 1. The van der Waals surface area contributed by atoms with Gasteiger partial charge in [0.2, 0.25) is 6.10 Å². The number of hydrogen-bond acceptors (Lipinski definition) is 6. The van der Waals surface area contributed by atoms with Gasteiger partial charge in [0, 0.05) is 18.6 Å². The highest BCUT2D eigenvalue weighted by molar-refractivity contribution is 6.33. The first-order chi connectivity index (χ1) is 8.99. The van der Waals surface area contributed by atoms with Crippen molar-refractivity contribution >= 4 is 29.2 Å². The van der Waals surface area contributed by atoms with Crippen molar-refractivity contribution in [3.05, 3.63) is 38.9 Å². The molecule has 0 aromatic heterocycles. The zero-order chi connectivity index (χ0) is 14.0. The Balaban J connectivity index is 2.20. The summed E-state index contributed by atoms with van der Waals surface area (Å²) in [5, 5.41) is 10.6. The minimum atomic E-state index is -0.983. The van der Waals surface area contributed by atoms with Crippen LogP contribution >= 0.6 is 11.6 Å². The summed E-state index contributed by atoms with van der Waals surface area (Å²) >= 11 is 5.78. The standard InChI is InChI=1S/C11H8ClNO6/c12-8-2-1-6(13(16)17)5-7(8)10(14)19-9-3-4-18-11(9)15/h1-2,5,9H,3-4H2/t9-/m0/s1. The van der Waals surface area contributed by atoms with Gasteiger partial charge in [-0.2, -0.15) is 0 Å². The molecule has 19 heavy (non-hydrogen) atoms. The molecule has 100 valence electrons. The second-order valence-corrected chi connectivity index (χ2v) is 4.18. The molecule has 0 aliphatic carbocycles. The number of non-ortho nitro benzene ring substituents is 1. The van der Waals surface area contributed by atoms with Gasteiger partial charge in [0.1, 0.15) is 0 Å². The zero-order valence-electron chi connectivity index (χ0n) is 9.50. The number of nitro groups is 1. The van der Waals surface area contributed by atoms with Gasteiger partial charge in [-0.15, -0.1) is 0 Å². The van der Waals surface area contributed by atoms with Crippen LogP contribution in [-0.2, 0) is 14.3 Å². The largest absolute Gasteiger partial charge is 0.463 e. The van der Waals surface area contributed by atoms with E-state index in [2.05, 4.69) is 4.74 Å². The van der Waals surface area contributed by atoms with Gasteiger partial charge in [0.05, 0.1) is 22.1 Å². The summed E-state index contributed by atoms with van der Waals surface area (Å²) < 4.78 is 9.54. The zero-order valence-corrected chi connectivity index (χ0v) is 10.3. The molecule has 2 rings (SSSR count). The molecule has 0 bridgehead atoms. The number of benzene rings is 1. The highest BCUT2D eigenvalue weighted by Crippen LogP contribution is 2.24. The highest BCUT2D eigenvalue weighted by atomic mass is 35.5. The molecule has 1 aliphatic rings. The summed E-state index contributed by atoms with van der Waals surface area (Å²) in [6, 6.07) is 3.40. The van der Waals surface area contributed by atoms with E-state index in [-0.39, 0.29) is 29.3 Å². The maximum atomic E-state index is 11.8. The molecular weight excluding hydrogens is 278 g/mol. The first-order valence-corrected chi connectivity index (χ1v) is 5.68. The lowest BCUT2D eigenvalue weighted by atomic mass is 10.2. The predicted octanol–water partition coefficient (Wildman–Crippen LogP) is 1.72. The topological polar surface area (TPSA) is 95.7 Å². The number of carbonyl (C=O) groups excluding carboxylic acids is 2. The Kier molecular flexibility index (Phi) is 3.66. The number of nitrogens with zero attached hydrogens (tertiary/aromatic N) is 1. The van der Waals surface area contributed by atoms with Crippen LogP contribution < -0.4 is 0 Å². The van der Waals surface area contributed by atoms with E-state index in [1.807, 2.05) is 0 Å². The van der Waals surface area contributed by atoms with Crippen molar-refractivity contribution in [3.63, 3.8) is 0 Å². The van der Waals surface area contributed by atoms with Crippen LogP contribution in [-0.4, -0.2) is 29.6 Å². The fourth-order valence-corrected chi connectivity index (χ4v) is 1.76. The van der Waals surface area contributed by atoms with Crippen molar-refractivity contribution in [2.45, 2.75) is 12.5 Å². The summed E-state index contributed by atoms with van der Waals surface area (Å²) in [5.41, 5.74) is -0.444. The number of cyclic esters (lactones) is 1. The van der Waals surface area contributed by atoms with Gasteiger partial charge >= 0.3 is 11.9 Å². The molecule has 0 amide bonds. The Bertz CT molecular complexity index is 558. The summed E-state index contributed by atoms with van der Waals surface area (Å²) in [4.78, 5) is 32.9. The van der Waals surface area contributed by atoms with E-state index in [9.17, 15) is 19.7 Å². The molecule has 1 heterocycles. The van der Waals surface area contributed by atoms with Crippen LogP contribution in [0.1, 0.15) is 16.8 Å². The van der Waals surface area contributed by atoms with Crippen molar-refractivity contribution in [2.75, 3.05) is 6.61 Å². The Morgan fingerprint density at radius 3 is 2.84 bits per heavy atom. The number of carbonyl (C=O) groups is 2. The highest BCUT2D eigenvalue weighted by Gasteiger charge is 2.31. The van der Waals surface area contributed by atoms with Crippen molar-refractivity contribution < 1.29 is 24.0 Å². The lowest BCUT2D eigenvalue weighted by Gasteiger charge is -2.09. The Morgan fingerprint density at radius 1 is 1.53 bits per heavy atom. The van der Waals surface area contributed by atoms with Gasteiger partial charge in [0.15, 0.2) is 0 Å². The van der Waals surface area contributed by atoms with Gasteiger partial charge in [-0.1, -0.05) is 11.6 Å². The number of hydrogen-bond donors (Lipinski definition) is 0. The van der Waals surface area contributed by atoms with Crippen LogP contribution in [0.4, 0.5) is 5.69 Å². The summed E-state index contributed by atoms with van der Waals surface area (Å²) in [6.45, 7) is 0.180. The third kappa shape index (κ3) is 2.82. The SMILES string of the molecule is O=C(O[C@H]1CCOC1=O)c1cc([N+](=O)[O-])ccc1Cl.